The number of aliphatic hydroxyl groups excluding tert-OH is 1. The van der Waals surface area contributed by atoms with Crippen molar-refractivity contribution in [2.24, 2.45) is 11.6 Å². The van der Waals surface area contributed by atoms with E-state index in [1.54, 1.807) is 0 Å². The van der Waals surface area contributed by atoms with Gasteiger partial charge < -0.3 is 31.2 Å². The number of hydrogen-bond acceptors (Lipinski definition) is 7. The van der Waals surface area contributed by atoms with Crippen molar-refractivity contribution in [1.29, 1.82) is 0 Å². The Labute approximate surface area is 344 Å². The highest BCUT2D eigenvalue weighted by Crippen LogP contribution is 2.18. The maximum absolute atomic E-state index is 12.6. The van der Waals surface area contributed by atoms with Crippen LogP contribution in [0.5, 0.6) is 0 Å². The Morgan fingerprint density at radius 3 is 1.20 bits per heavy atom. The summed E-state index contributed by atoms with van der Waals surface area (Å²) in [5.41, 5.74) is 5.78. The van der Waals surface area contributed by atoms with Gasteiger partial charge in [0.2, 0.25) is 0 Å². The largest absolute Gasteiger partial charge is 0.462 e. The van der Waals surface area contributed by atoms with Crippen LogP contribution in [0.25, 0.3) is 0 Å². The number of hydrogen-bond donors (Lipinski definition) is 4. The lowest BCUT2D eigenvalue weighted by atomic mass is 10.0. The Morgan fingerprint density at radius 2 is 0.833 bits per heavy atom. The minimum Gasteiger partial charge on any atom is -0.462 e. The third-order valence-corrected chi connectivity index (χ3v) is 9.68. The summed E-state index contributed by atoms with van der Waals surface area (Å²) in [6.07, 6.45) is 39.8. The van der Waals surface area contributed by atoms with Gasteiger partial charge in [-0.1, -0.05) is 191 Å². The number of unbranched alkanes of at least 4 members (excludes halogenated alkanes) is 23. The van der Waals surface area contributed by atoms with Gasteiger partial charge in [0.25, 0.3) is 0 Å². The number of nitrogens with two attached hydrogens (primary N) is 2. The van der Waals surface area contributed by atoms with Gasteiger partial charge in [-0.2, -0.15) is 0 Å². The van der Waals surface area contributed by atoms with Gasteiger partial charge in [0.05, 0.1) is 0 Å². The smallest absolute Gasteiger partial charge is 0.306 e. The third-order valence-electron chi connectivity index (χ3n) is 9.68. The molecule has 0 aliphatic rings. The molecule has 0 radical (unpaired) electrons. The summed E-state index contributed by atoms with van der Waals surface area (Å²) >= 11 is 0. The van der Waals surface area contributed by atoms with Crippen molar-refractivity contribution in [3.8, 4) is 0 Å². The maximum atomic E-state index is 12.6. The van der Waals surface area contributed by atoms with Crippen LogP contribution in [0.1, 0.15) is 258 Å². The zero-order valence-corrected chi connectivity index (χ0v) is 35.1. The lowest BCUT2D eigenvalue weighted by molar-refractivity contribution is -0.150. The number of aliphatic hydroxyl groups is 1. The molecule has 0 saturated carbocycles. The summed E-state index contributed by atoms with van der Waals surface area (Å²) < 4.78 is 6.00. The molecule has 1 unspecified atom stereocenters. The summed E-state index contributed by atoms with van der Waals surface area (Å²) in [6.45, 7) is 13.7. The Balaban J connectivity index is -0.000000163. The van der Waals surface area contributed by atoms with Crippen LogP contribution >= 0.6 is 0 Å². The molecule has 0 amide bonds. The van der Waals surface area contributed by atoms with Crippen LogP contribution in [0.2, 0.25) is 0 Å². The molecule has 0 aromatic rings. The molecule has 0 spiro atoms. The molecule has 0 saturated heterocycles. The van der Waals surface area contributed by atoms with Crippen molar-refractivity contribution in [1.82, 2.24) is 4.90 Å². The van der Waals surface area contributed by atoms with Crippen molar-refractivity contribution < 1.29 is 28.2 Å². The zero-order valence-electron chi connectivity index (χ0n) is 35.1. The summed E-state index contributed by atoms with van der Waals surface area (Å²) in [5.74, 6) is 3.54. The second-order valence-corrected chi connectivity index (χ2v) is 14.6. The minimum absolute atomic E-state index is 0. The van der Waals surface area contributed by atoms with Crippen LogP contribution in [0, 0.1) is 0 Å². The number of esters is 1. The highest BCUT2D eigenvalue weighted by Gasteiger charge is 2.14. The van der Waals surface area contributed by atoms with Crippen molar-refractivity contribution in [3.05, 3.63) is 0 Å². The van der Waals surface area contributed by atoms with Crippen molar-refractivity contribution in [3.63, 3.8) is 0 Å². The lowest BCUT2D eigenvalue weighted by Crippen LogP contribution is -2.28. The van der Waals surface area contributed by atoms with E-state index in [1.165, 1.54) is 174 Å². The Kier molecular flexibility index (Phi) is 80.7. The molecule has 0 aliphatic heterocycles. The molecule has 340 valence electrons. The van der Waals surface area contributed by atoms with Crippen LogP contribution < -0.4 is 11.6 Å². The van der Waals surface area contributed by atoms with E-state index in [4.69, 9.17) is 20.8 Å². The van der Waals surface area contributed by atoms with Gasteiger partial charge in [-0.25, -0.2) is 5.90 Å². The molecule has 8 N–H and O–H groups in total. The molecule has 0 heterocycles. The zero-order chi connectivity index (χ0) is 37.6. The fraction of sp³-hybridized carbons (Fsp3) is 0.978. The van der Waals surface area contributed by atoms with Crippen LogP contribution in [-0.4, -0.2) is 65.5 Å². The SMILES string of the molecule is C.C.C.CCCCCCCCCN(CCCN)CCCCCCC(=O)OC(CCCCCCC)CCCCCCCC.CCCCCCCCO.NO.O.[HH].[HH]. The number of ether oxygens (including phenoxy) is 1. The third kappa shape index (κ3) is 60.5. The topological polar surface area (TPSA) is 154 Å². The number of carbonyl (C=O) groups is 1. The Hall–Kier alpha value is -0.770. The molecule has 54 heavy (non-hydrogen) atoms. The van der Waals surface area contributed by atoms with Gasteiger partial charge in [-0.15, -0.1) is 0 Å². The maximum Gasteiger partial charge on any atom is 0.306 e. The molecule has 0 rings (SSSR count). The van der Waals surface area contributed by atoms with E-state index in [-0.39, 0.29) is 42.7 Å². The molecular weight excluding hydrogens is 675 g/mol. The van der Waals surface area contributed by atoms with E-state index in [1.807, 2.05) is 0 Å². The van der Waals surface area contributed by atoms with E-state index in [0.717, 1.165) is 51.6 Å². The molecule has 8 nitrogen and oxygen atoms in total. The summed E-state index contributed by atoms with van der Waals surface area (Å²) in [6, 6.07) is 0. The average molecular weight is 786 g/mol. The highest BCUT2D eigenvalue weighted by atomic mass is 16.5. The number of nitrogens with zero attached hydrogens (tertiary/aromatic N) is 1. The van der Waals surface area contributed by atoms with Crippen LogP contribution in [0.4, 0.5) is 0 Å². The summed E-state index contributed by atoms with van der Waals surface area (Å²) in [7, 11) is 0. The molecule has 0 aliphatic carbocycles. The average Bonchev–Trinajstić information content (AvgIpc) is 3.13. The fourth-order valence-electron chi connectivity index (χ4n) is 6.43. The van der Waals surface area contributed by atoms with Gasteiger partial charge in [-0.05, 0) is 84.0 Å². The van der Waals surface area contributed by atoms with Gasteiger partial charge in [0.15, 0.2) is 0 Å². The van der Waals surface area contributed by atoms with E-state index >= 15 is 0 Å². The first-order valence-electron chi connectivity index (χ1n) is 22.1. The first-order chi connectivity index (χ1) is 24.6. The van der Waals surface area contributed by atoms with Gasteiger partial charge in [-0.3, -0.25) is 4.79 Å². The van der Waals surface area contributed by atoms with Gasteiger partial charge in [0.1, 0.15) is 6.10 Å². The predicted octanol–water partition coefficient (Wildman–Crippen LogP) is 13.6. The summed E-state index contributed by atoms with van der Waals surface area (Å²) in [4.78, 5) is 15.2. The van der Waals surface area contributed by atoms with Crippen molar-refractivity contribution >= 4 is 5.97 Å². The van der Waals surface area contributed by atoms with Crippen LogP contribution in [0.15, 0.2) is 0 Å². The van der Waals surface area contributed by atoms with E-state index in [9.17, 15) is 4.79 Å². The van der Waals surface area contributed by atoms with Crippen LogP contribution in [0.3, 0.4) is 0 Å². The molecule has 0 aromatic heterocycles. The Bertz CT molecular complexity index is 607. The molecule has 0 bridgehead atoms. The number of carbonyl (C=O) groups excluding carboxylic acids is 1. The van der Waals surface area contributed by atoms with E-state index in [2.05, 4.69) is 38.5 Å². The molecule has 0 fully saturated rings. The molecule has 0 aromatic carbocycles. The quantitative estimate of drug-likeness (QED) is 0.0276. The normalized spacial score (nSPS) is 10.7. The second-order valence-electron chi connectivity index (χ2n) is 14.6. The Morgan fingerprint density at radius 1 is 0.519 bits per heavy atom. The molecule has 1 atom stereocenters. The fourth-order valence-corrected chi connectivity index (χ4v) is 6.43. The first kappa shape index (κ1) is 67.9. The molecular formula is C46H111N3O5. The van der Waals surface area contributed by atoms with Gasteiger partial charge >= 0.3 is 5.97 Å². The lowest BCUT2D eigenvalue weighted by Gasteiger charge is -2.22. The van der Waals surface area contributed by atoms with E-state index < -0.39 is 0 Å². The van der Waals surface area contributed by atoms with Crippen molar-refractivity contribution in [2.75, 3.05) is 32.8 Å². The van der Waals surface area contributed by atoms with Crippen LogP contribution in [-0.2, 0) is 9.53 Å². The highest BCUT2D eigenvalue weighted by molar-refractivity contribution is 5.69. The van der Waals surface area contributed by atoms with Crippen molar-refractivity contribution in [2.45, 2.75) is 262 Å². The monoisotopic (exact) mass is 786 g/mol. The van der Waals surface area contributed by atoms with E-state index in [0.29, 0.717) is 13.0 Å². The van der Waals surface area contributed by atoms with Gasteiger partial charge in [0, 0.05) is 15.9 Å². The first-order valence-corrected chi connectivity index (χ1v) is 22.1. The summed E-state index contributed by atoms with van der Waals surface area (Å²) in [5, 5.41) is 14.9. The minimum atomic E-state index is 0. The predicted molar refractivity (Wildman–Crippen MR) is 247 cm³/mol. The second kappa shape index (κ2) is 64.1. The molecule has 8 heteroatoms. The number of rotatable bonds is 38. The standard InChI is InChI=1S/C35H72N2O2.C8H18O.3CH4.H3NO.H2O.2H2/c1-4-7-10-13-15-19-24-31-37(33-26-30-36)32-25-20-18-23-29-35(38)39-34(27-21-16-12-9-6-3)28-22-17-14-11-8-5-2;1-2-3-4-5-6-7-8-9;;;;1-2;;;/h34H,4-33,36H2,1-3H3;9H,2-8H2,1H3;3*1H4;2H,1H2;1H2;2*1H.